The summed E-state index contributed by atoms with van der Waals surface area (Å²) in [4.78, 5) is 14.1. The van der Waals surface area contributed by atoms with E-state index in [-0.39, 0.29) is 11.5 Å². The van der Waals surface area contributed by atoms with Crippen molar-refractivity contribution in [3.8, 4) is 6.07 Å². The molecule has 0 unspecified atom stereocenters. The number of hydrogen-bond donors (Lipinski definition) is 1. The van der Waals surface area contributed by atoms with Crippen LogP contribution < -0.4 is 5.32 Å². The molecule has 1 heterocycles. The smallest absolute Gasteiger partial charge is 0.266 e. The highest BCUT2D eigenvalue weighted by molar-refractivity contribution is 6.35. The number of rotatable bonds is 3. The maximum atomic E-state index is 12.3. The highest BCUT2D eigenvalue weighted by Gasteiger charge is 2.22. The molecule has 6 heteroatoms. The van der Waals surface area contributed by atoms with E-state index in [0.717, 1.165) is 12.8 Å². The van der Waals surface area contributed by atoms with Crippen LogP contribution in [0.5, 0.6) is 0 Å². The van der Waals surface area contributed by atoms with Crippen molar-refractivity contribution in [2.24, 2.45) is 5.92 Å². The molecule has 1 aliphatic heterocycles. The van der Waals surface area contributed by atoms with Crippen LogP contribution in [0.4, 0.5) is 5.69 Å². The maximum Gasteiger partial charge on any atom is 0.266 e. The number of carbonyl (C=O) groups excluding carboxylic acids is 1. The SMILES string of the molecule is CC1CCN(C(=O)/C(C#N)=C\Nc2cc(Cl)cc(Cl)c2)CC1. The van der Waals surface area contributed by atoms with Crippen molar-refractivity contribution >= 4 is 34.8 Å². The van der Waals surface area contributed by atoms with Gasteiger partial charge in [0.15, 0.2) is 0 Å². The van der Waals surface area contributed by atoms with Crippen LogP contribution in [0.25, 0.3) is 0 Å². The third-order valence-corrected chi connectivity index (χ3v) is 4.10. The van der Waals surface area contributed by atoms with E-state index in [1.807, 2.05) is 6.07 Å². The van der Waals surface area contributed by atoms with Crippen LogP contribution in [0.15, 0.2) is 30.0 Å². The fourth-order valence-corrected chi connectivity index (χ4v) is 2.84. The molecule has 1 aliphatic rings. The number of nitriles is 1. The van der Waals surface area contributed by atoms with Crippen molar-refractivity contribution in [3.63, 3.8) is 0 Å². The van der Waals surface area contributed by atoms with Crippen molar-refractivity contribution in [1.29, 1.82) is 5.26 Å². The number of likely N-dealkylation sites (tertiary alicyclic amines) is 1. The van der Waals surface area contributed by atoms with E-state index < -0.39 is 0 Å². The average molecular weight is 338 g/mol. The van der Waals surface area contributed by atoms with Gasteiger partial charge in [0.25, 0.3) is 5.91 Å². The lowest BCUT2D eigenvalue weighted by Crippen LogP contribution is -2.38. The van der Waals surface area contributed by atoms with E-state index in [2.05, 4.69) is 12.2 Å². The Morgan fingerprint density at radius 2 is 1.91 bits per heavy atom. The zero-order valence-electron chi connectivity index (χ0n) is 12.3. The summed E-state index contributed by atoms with van der Waals surface area (Å²) in [6.45, 7) is 3.57. The number of piperidine rings is 1. The predicted molar refractivity (Wildman–Crippen MR) is 88.8 cm³/mol. The summed E-state index contributed by atoms with van der Waals surface area (Å²) in [5, 5.41) is 13.1. The topological polar surface area (TPSA) is 56.1 Å². The Morgan fingerprint density at radius 3 is 2.45 bits per heavy atom. The standard InChI is InChI=1S/C16H17Cl2N3O/c1-11-2-4-21(5-3-11)16(22)12(9-19)10-20-15-7-13(17)6-14(18)8-15/h6-8,10-11,20H,2-5H2,1H3/b12-10-. The van der Waals surface area contributed by atoms with Gasteiger partial charge in [0.2, 0.25) is 0 Å². The summed E-state index contributed by atoms with van der Waals surface area (Å²) in [6.07, 6.45) is 3.35. The normalized spacial score (nSPS) is 16.3. The molecule has 1 amide bonds. The molecule has 0 atom stereocenters. The average Bonchev–Trinajstić information content (AvgIpc) is 2.47. The van der Waals surface area contributed by atoms with Gasteiger partial charge in [0.05, 0.1) is 0 Å². The molecular formula is C16H17Cl2N3O. The lowest BCUT2D eigenvalue weighted by Gasteiger charge is -2.30. The third kappa shape index (κ3) is 4.40. The Bertz CT molecular complexity index is 609. The molecule has 4 nitrogen and oxygen atoms in total. The fraction of sp³-hybridized carbons (Fsp3) is 0.375. The van der Waals surface area contributed by atoms with Crippen LogP contribution >= 0.6 is 23.2 Å². The lowest BCUT2D eigenvalue weighted by atomic mass is 9.99. The molecule has 1 fully saturated rings. The monoisotopic (exact) mass is 337 g/mol. The number of nitrogens with zero attached hydrogens (tertiary/aromatic N) is 2. The van der Waals surface area contributed by atoms with Gasteiger partial charge in [-0.15, -0.1) is 0 Å². The van der Waals surface area contributed by atoms with Gasteiger partial charge in [-0.1, -0.05) is 30.1 Å². The molecule has 1 N–H and O–H groups in total. The molecule has 0 saturated carbocycles. The molecule has 1 saturated heterocycles. The van der Waals surface area contributed by atoms with E-state index in [0.29, 0.717) is 34.7 Å². The molecule has 1 aromatic rings. The first-order chi connectivity index (χ1) is 10.5. The van der Waals surface area contributed by atoms with Crippen LogP contribution in [0, 0.1) is 17.2 Å². The maximum absolute atomic E-state index is 12.3. The Morgan fingerprint density at radius 1 is 1.32 bits per heavy atom. The fourth-order valence-electron chi connectivity index (χ4n) is 2.32. The molecule has 0 radical (unpaired) electrons. The van der Waals surface area contributed by atoms with E-state index in [4.69, 9.17) is 23.2 Å². The first kappa shape index (κ1) is 16.7. The van der Waals surface area contributed by atoms with Gasteiger partial charge < -0.3 is 10.2 Å². The second-order valence-corrected chi connectivity index (χ2v) is 6.32. The van der Waals surface area contributed by atoms with Gasteiger partial charge in [0, 0.05) is 35.0 Å². The molecule has 0 aromatic heterocycles. The van der Waals surface area contributed by atoms with E-state index in [1.54, 1.807) is 23.1 Å². The summed E-state index contributed by atoms with van der Waals surface area (Å²) < 4.78 is 0. The summed E-state index contributed by atoms with van der Waals surface area (Å²) in [6, 6.07) is 6.91. The number of benzene rings is 1. The minimum absolute atomic E-state index is 0.0747. The van der Waals surface area contributed by atoms with Crippen molar-refractivity contribution in [2.75, 3.05) is 18.4 Å². The Balaban J connectivity index is 2.07. The summed E-state index contributed by atoms with van der Waals surface area (Å²) >= 11 is 11.8. The molecule has 22 heavy (non-hydrogen) atoms. The number of carbonyl (C=O) groups is 1. The van der Waals surface area contributed by atoms with Crippen LogP contribution in [0.3, 0.4) is 0 Å². The van der Waals surface area contributed by atoms with Gasteiger partial charge >= 0.3 is 0 Å². The Kier molecular flexibility index (Phi) is 5.70. The molecule has 2 rings (SSSR count). The molecule has 0 spiro atoms. The van der Waals surface area contributed by atoms with Gasteiger partial charge in [-0.3, -0.25) is 4.79 Å². The largest absolute Gasteiger partial charge is 0.360 e. The van der Waals surface area contributed by atoms with Gasteiger partial charge in [-0.05, 0) is 37.0 Å². The summed E-state index contributed by atoms with van der Waals surface area (Å²) in [5.41, 5.74) is 0.705. The van der Waals surface area contributed by atoms with Gasteiger partial charge in [-0.25, -0.2) is 0 Å². The van der Waals surface area contributed by atoms with E-state index in [9.17, 15) is 10.1 Å². The highest BCUT2D eigenvalue weighted by Crippen LogP contribution is 2.23. The minimum atomic E-state index is -0.241. The summed E-state index contributed by atoms with van der Waals surface area (Å²) in [7, 11) is 0. The van der Waals surface area contributed by atoms with Crippen LogP contribution in [-0.2, 0) is 4.79 Å². The van der Waals surface area contributed by atoms with E-state index in [1.165, 1.54) is 6.20 Å². The highest BCUT2D eigenvalue weighted by atomic mass is 35.5. The predicted octanol–water partition coefficient (Wildman–Crippen LogP) is 4.07. The first-order valence-corrected chi connectivity index (χ1v) is 7.87. The molecule has 0 aliphatic carbocycles. The number of nitrogens with one attached hydrogen (secondary N) is 1. The minimum Gasteiger partial charge on any atom is -0.360 e. The third-order valence-electron chi connectivity index (χ3n) is 3.67. The molecule has 1 aromatic carbocycles. The van der Waals surface area contributed by atoms with E-state index >= 15 is 0 Å². The first-order valence-electron chi connectivity index (χ1n) is 7.12. The number of halogens is 2. The lowest BCUT2D eigenvalue weighted by molar-refractivity contribution is -0.128. The second-order valence-electron chi connectivity index (χ2n) is 5.45. The van der Waals surface area contributed by atoms with Crippen LogP contribution in [0.2, 0.25) is 10.0 Å². The molecule has 116 valence electrons. The van der Waals surface area contributed by atoms with Crippen LogP contribution in [0.1, 0.15) is 19.8 Å². The number of amides is 1. The number of hydrogen-bond acceptors (Lipinski definition) is 3. The molecule has 0 bridgehead atoms. The van der Waals surface area contributed by atoms with Gasteiger partial charge in [-0.2, -0.15) is 5.26 Å². The van der Waals surface area contributed by atoms with Gasteiger partial charge in [0.1, 0.15) is 11.6 Å². The zero-order valence-corrected chi connectivity index (χ0v) is 13.8. The number of anilines is 1. The zero-order chi connectivity index (χ0) is 16.1. The van der Waals surface area contributed by atoms with Crippen LogP contribution in [-0.4, -0.2) is 23.9 Å². The summed E-state index contributed by atoms with van der Waals surface area (Å²) in [5.74, 6) is 0.389. The van der Waals surface area contributed by atoms with Crippen molar-refractivity contribution in [2.45, 2.75) is 19.8 Å². The quantitative estimate of drug-likeness (QED) is 0.668. The molecular weight excluding hydrogens is 321 g/mol. The Hall–Kier alpha value is -1.70. The Labute approximate surface area is 140 Å². The second kappa shape index (κ2) is 7.53. The van der Waals surface area contributed by atoms with Crippen molar-refractivity contribution in [1.82, 2.24) is 4.90 Å². The van der Waals surface area contributed by atoms with Crippen molar-refractivity contribution in [3.05, 3.63) is 40.0 Å². The van der Waals surface area contributed by atoms with Crippen molar-refractivity contribution < 1.29 is 4.79 Å².